The first kappa shape index (κ1) is 16.8. The molecule has 0 atom stereocenters. The molecule has 6 nitrogen and oxygen atoms in total. The third-order valence-electron chi connectivity index (χ3n) is 3.75. The van der Waals surface area contributed by atoms with Crippen LogP contribution < -0.4 is 10.6 Å². The molecule has 2 heterocycles. The lowest BCUT2D eigenvalue weighted by Crippen LogP contribution is -2.46. The van der Waals surface area contributed by atoms with Crippen LogP contribution in [0.2, 0.25) is 0 Å². The molecule has 7 heteroatoms. The van der Waals surface area contributed by atoms with Crippen molar-refractivity contribution in [3.8, 4) is 0 Å². The number of methoxy groups -OCH3 is 1. The molecular weight excluding hydrogens is 302 g/mol. The van der Waals surface area contributed by atoms with Gasteiger partial charge < -0.3 is 20.3 Å². The molecule has 22 heavy (non-hydrogen) atoms. The van der Waals surface area contributed by atoms with Gasteiger partial charge in [0.15, 0.2) is 0 Å². The number of carbonyl (C=O) groups excluding carboxylic acids is 2. The van der Waals surface area contributed by atoms with Crippen molar-refractivity contribution in [3.05, 3.63) is 16.3 Å². The van der Waals surface area contributed by atoms with E-state index in [0.29, 0.717) is 10.6 Å². The van der Waals surface area contributed by atoms with Gasteiger partial charge in [-0.05, 0) is 37.3 Å². The van der Waals surface area contributed by atoms with Crippen LogP contribution in [0.5, 0.6) is 0 Å². The van der Waals surface area contributed by atoms with E-state index in [1.54, 1.807) is 11.4 Å². The normalized spacial score (nSPS) is 16.3. The Morgan fingerprint density at radius 2 is 2.14 bits per heavy atom. The Bertz CT molecular complexity index is 510. The van der Waals surface area contributed by atoms with Gasteiger partial charge in [-0.1, -0.05) is 6.92 Å². The lowest BCUT2D eigenvalue weighted by Gasteiger charge is -2.32. The van der Waals surface area contributed by atoms with Crippen molar-refractivity contribution in [2.75, 3.05) is 32.1 Å². The Hall–Kier alpha value is -1.60. The van der Waals surface area contributed by atoms with E-state index in [1.165, 1.54) is 18.4 Å². The number of piperidine rings is 1. The van der Waals surface area contributed by atoms with Gasteiger partial charge in [-0.25, -0.2) is 9.59 Å². The van der Waals surface area contributed by atoms with Crippen LogP contribution in [0.1, 0.15) is 35.9 Å². The first-order valence-corrected chi connectivity index (χ1v) is 8.47. The number of urea groups is 1. The number of nitrogens with one attached hydrogen (secondary N) is 2. The number of rotatable bonds is 5. The predicted molar refractivity (Wildman–Crippen MR) is 87.6 cm³/mol. The number of carbonyl (C=O) groups is 2. The van der Waals surface area contributed by atoms with E-state index >= 15 is 0 Å². The number of amides is 2. The standard InChI is InChI=1S/C15H23N3O3S/c1-3-7-18-8-4-11(5-9-18)16-15(20)17-12-6-10-22-13(12)14(19)21-2/h6,10-11H,3-5,7-9H2,1-2H3,(H2,16,17,20). The molecule has 1 aromatic heterocycles. The molecule has 0 aliphatic carbocycles. The van der Waals surface area contributed by atoms with E-state index in [1.807, 2.05) is 0 Å². The highest BCUT2D eigenvalue weighted by Gasteiger charge is 2.21. The fourth-order valence-electron chi connectivity index (χ4n) is 2.62. The van der Waals surface area contributed by atoms with Crippen molar-refractivity contribution >= 4 is 29.0 Å². The molecule has 0 radical (unpaired) electrons. The molecule has 122 valence electrons. The molecule has 0 saturated carbocycles. The summed E-state index contributed by atoms with van der Waals surface area (Å²) in [5, 5.41) is 7.47. The van der Waals surface area contributed by atoms with Crippen molar-refractivity contribution in [1.29, 1.82) is 0 Å². The van der Waals surface area contributed by atoms with Gasteiger partial charge in [-0.3, -0.25) is 0 Å². The van der Waals surface area contributed by atoms with Crippen molar-refractivity contribution < 1.29 is 14.3 Å². The average Bonchev–Trinajstić information content (AvgIpc) is 2.96. The number of anilines is 1. The van der Waals surface area contributed by atoms with E-state index in [2.05, 4.69) is 22.5 Å². The minimum atomic E-state index is -0.432. The number of likely N-dealkylation sites (tertiary alicyclic amines) is 1. The average molecular weight is 325 g/mol. The van der Waals surface area contributed by atoms with Crippen molar-refractivity contribution in [1.82, 2.24) is 10.2 Å². The maximum atomic E-state index is 12.1. The third kappa shape index (κ3) is 4.45. The maximum absolute atomic E-state index is 12.1. The molecule has 1 aromatic rings. The van der Waals surface area contributed by atoms with E-state index in [9.17, 15) is 9.59 Å². The largest absolute Gasteiger partial charge is 0.465 e. The zero-order chi connectivity index (χ0) is 15.9. The lowest BCUT2D eigenvalue weighted by atomic mass is 10.1. The summed E-state index contributed by atoms with van der Waals surface area (Å²) in [5.74, 6) is -0.432. The summed E-state index contributed by atoms with van der Waals surface area (Å²) in [5.41, 5.74) is 0.498. The second-order valence-electron chi connectivity index (χ2n) is 5.37. The number of thiophene rings is 1. The third-order valence-corrected chi connectivity index (χ3v) is 4.64. The molecule has 0 aromatic carbocycles. The molecule has 1 fully saturated rings. The molecule has 2 N–H and O–H groups in total. The van der Waals surface area contributed by atoms with Crippen LogP contribution in [-0.4, -0.2) is 49.7 Å². The van der Waals surface area contributed by atoms with Crippen LogP contribution in [0, 0.1) is 0 Å². The highest BCUT2D eigenvalue weighted by atomic mass is 32.1. The zero-order valence-electron chi connectivity index (χ0n) is 13.1. The van der Waals surface area contributed by atoms with Gasteiger partial charge in [-0.15, -0.1) is 11.3 Å². The number of esters is 1. The van der Waals surface area contributed by atoms with Gasteiger partial charge in [0.2, 0.25) is 0 Å². The lowest BCUT2D eigenvalue weighted by molar-refractivity contribution is 0.0607. The molecule has 2 amide bonds. The van der Waals surface area contributed by atoms with Crippen LogP contribution in [0.4, 0.5) is 10.5 Å². The van der Waals surface area contributed by atoms with E-state index in [-0.39, 0.29) is 12.1 Å². The summed E-state index contributed by atoms with van der Waals surface area (Å²) in [6.45, 7) is 5.34. The van der Waals surface area contributed by atoms with E-state index < -0.39 is 5.97 Å². The Morgan fingerprint density at radius 3 is 2.77 bits per heavy atom. The van der Waals surface area contributed by atoms with Gasteiger partial charge in [0.25, 0.3) is 0 Å². The molecule has 1 aliphatic heterocycles. The van der Waals surface area contributed by atoms with Crippen LogP contribution in [0.25, 0.3) is 0 Å². The number of hydrogen-bond donors (Lipinski definition) is 2. The molecule has 0 unspecified atom stereocenters. The highest BCUT2D eigenvalue weighted by molar-refractivity contribution is 7.12. The topological polar surface area (TPSA) is 70.7 Å². The van der Waals surface area contributed by atoms with Crippen LogP contribution >= 0.6 is 11.3 Å². The molecule has 2 rings (SSSR count). The van der Waals surface area contributed by atoms with Gasteiger partial charge >= 0.3 is 12.0 Å². The summed E-state index contributed by atoms with van der Waals surface area (Å²) >= 11 is 1.25. The SMILES string of the molecule is CCCN1CCC(NC(=O)Nc2ccsc2C(=O)OC)CC1. The smallest absolute Gasteiger partial charge is 0.350 e. The number of nitrogens with zero attached hydrogens (tertiary/aromatic N) is 1. The summed E-state index contributed by atoms with van der Waals surface area (Å²) in [7, 11) is 1.33. The van der Waals surface area contributed by atoms with Gasteiger partial charge in [0, 0.05) is 19.1 Å². The van der Waals surface area contributed by atoms with E-state index in [4.69, 9.17) is 4.74 Å². The predicted octanol–water partition coefficient (Wildman–Crippen LogP) is 2.53. The summed E-state index contributed by atoms with van der Waals surface area (Å²) in [6, 6.07) is 1.63. The molecule has 0 bridgehead atoms. The Kier molecular flexibility index (Phi) is 6.21. The second kappa shape index (κ2) is 8.14. The Labute approximate surface area is 134 Å². The summed E-state index contributed by atoms with van der Waals surface area (Å²) < 4.78 is 4.70. The van der Waals surface area contributed by atoms with Gasteiger partial charge in [0.1, 0.15) is 4.88 Å². The summed E-state index contributed by atoms with van der Waals surface area (Å²) in [4.78, 5) is 26.5. The van der Waals surface area contributed by atoms with Crippen molar-refractivity contribution in [2.24, 2.45) is 0 Å². The van der Waals surface area contributed by atoms with Crippen LogP contribution in [-0.2, 0) is 4.74 Å². The fraction of sp³-hybridized carbons (Fsp3) is 0.600. The minimum Gasteiger partial charge on any atom is -0.465 e. The first-order chi connectivity index (χ1) is 10.6. The molecule has 1 saturated heterocycles. The van der Waals surface area contributed by atoms with E-state index in [0.717, 1.165) is 38.9 Å². The Morgan fingerprint density at radius 1 is 1.41 bits per heavy atom. The van der Waals surface area contributed by atoms with Crippen molar-refractivity contribution in [3.63, 3.8) is 0 Å². The molecular formula is C15H23N3O3S. The molecule has 1 aliphatic rings. The van der Waals surface area contributed by atoms with Gasteiger partial charge in [0.05, 0.1) is 12.8 Å². The first-order valence-electron chi connectivity index (χ1n) is 7.59. The maximum Gasteiger partial charge on any atom is 0.350 e. The Balaban J connectivity index is 1.82. The zero-order valence-corrected chi connectivity index (χ0v) is 13.9. The molecule has 0 spiro atoms. The minimum absolute atomic E-state index is 0.188. The van der Waals surface area contributed by atoms with Crippen molar-refractivity contribution in [2.45, 2.75) is 32.2 Å². The monoisotopic (exact) mass is 325 g/mol. The number of hydrogen-bond acceptors (Lipinski definition) is 5. The quantitative estimate of drug-likeness (QED) is 0.816. The highest BCUT2D eigenvalue weighted by Crippen LogP contribution is 2.23. The fourth-order valence-corrected chi connectivity index (χ4v) is 3.39. The summed E-state index contributed by atoms with van der Waals surface area (Å²) in [6.07, 6.45) is 3.08. The van der Waals surface area contributed by atoms with Gasteiger partial charge in [-0.2, -0.15) is 0 Å². The number of ether oxygens (including phenoxy) is 1. The van der Waals surface area contributed by atoms with Crippen LogP contribution in [0.3, 0.4) is 0 Å². The second-order valence-corrected chi connectivity index (χ2v) is 6.29. The van der Waals surface area contributed by atoms with Crippen LogP contribution in [0.15, 0.2) is 11.4 Å².